The van der Waals surface area contributed by atoms with Crippen molar-refractivity contribution in [2.45, 2.75) is 287 Å². The molecule has 0 aliphatic carbocycles. The predicted octanol–water partition coefficient (Wildman–Crippen LogP) is 8.67. The van der Waals surface area contributed by atoms with Crippen molar-refractivity contribution in [2.75, 3.05) is 13.2 Å². The highest BCUT2D eigenvalue weighted by Crippen LogP contribution is 2.23. The maximum absolute atomic E-state index is 13.1. The molecule has 0 radical (unpaired) electrons. The number of hydrogen-bond donors (Lipinski definition) is 8. The van der Waals surface area contributed by atoms with Gasteiger partial charge in [-0.1, -0.05) is 219 Å². The van der Waals surface area contributed by atoms with E-state index in [9.17, 15) is 40.5 Å². The van der Waals surface area contributed by atoms with Gasteiger partial charge in [0, 0.05) is 0 Å². The van der Waals surface area contributed by atoms with Gasteiger partial charge in [0.1, 0.15) is 36.6 Å². The molecule has 352 valence electrons. The molecule has 0 saturated carbocycles. The van der Waals surface area contributed by atoms with E-state index in [4.69, 9.17) is 9.47 Å². The van der Waals surface area contributed by atoms with Crippen LogP contribution in [0.3, 0.4) is 0 Å². The molecule has 0 aromatic rings. The number of ether oxygens (including phenoxy) is 2. The van der Waals surface area contributed by atoms with Crippen molar-refractivity contribution >= 4 is 5.91 Å². The van der Waals surface area contributed by atoms with E-state index in [1.807, 2.05) is 0 Å². The van der Waals surface area contributed by atoms with Gasteiger partial charge in [0.25, 0.3) is 0 Å². The molecular weight excluding hydrogens is 751 g/mol. The van der Waals surface area contributed by atoms with Crippen molar-refractivity contribution in [2.24, 2.45) is 0 Å². The summed E-state index contributed by atoms with van der Waals surface area (Å²) in [4.78, 5) is 13.1. The van der Waals surface area contributed by atoms with Gasteiger partial charge in [-0.3, -0.25) is 4.79 Å². The van der Waals surface area contributed by atoms with Crippen LogP contribution in [0.15, 0.2) is 0 Å². The third-order valence-corrected chi connectivity index (χ3v) is 12.4. The fourth-order valence-electron chi connectivity index (χ4n) is 8.27. The highest BCUT2D eigenvalue weighted by molar-refractivity contribution is 5.80. The van der Waals surface area contributed by atoms with Gasteiger partial charge in [-0.25, -0.2) is 0 Å². The van der Waals surface area contributed by atoms with Gasteiger partial charge < -0.3 is 50.5 Å². The van der Waals surface area contributed by atoms with Crippen molar-refractivity contribution in [3.8, 4) is 0 Å². The second kappa shape index (κ2) is 38.8. The average molecular weight is 846 g/mol. The molecule has 1 saturated heterocycles. The molecule has 1 fully saturated rings. The Morgan fingerprint density at radius 3 is 1.25 bits per heavy atom. The zero-order valence-corrected chi connectivity index (χ0v) is 38.0. The lowest BCUT2D eigenvalue weighted by Gasteiger charge is -2.40. The molecule has 1 amide bonds. The number of aliphatic hydroxyl groups is 7. The third kappa shape index (κ3) is 28.4. The molecule has 1 rings (SSSR count). The van der Waals surface area contributed by atoms with E-state index in [0.717, 1.165) is 38.5 Å². The minimum atomic E-state index is -1.66. The number of rotatable bonds is 42. The van der Waals surface area contributed by atoms with Crippen molar-refractivity contribution < 1.29 is 50.0 Å². The van der Waals surface area contributed by atoms with Crippen LogP contribution in [0.2, 0.25) is 0 Å². The minimum absolute atomic E-state index is 0.266. The van der Waals surface area contributed by atoms with Gasteiger partial charge in [0.15, 0.2) is 6.29 Å². The molecule has 8 N–H and O–H groups in total. The molecule has 1 aliphatic rings. The largest absolute Gasteiger partial charge is 0.394 e. The van der Waals surface area contributed by atoms with Gasteiger partial charge in [0.2, 0.25) is 5.91 Å². The van der Waals surface area contributed by atoms with E-state index < -0.39 is 74.2 Å². The summed E-state index contributed by atoms with van der Waals surface area (Å²) >= 11 is 0. The molecule has 0 aromatic heterocycles. The summed E-state index contributed by atoms with van der Waals surface area (Å²) in [6.07, 6.45) is 28.6. The summed E-state index contributed by atoms with van der Waals surface area (Å²) in [6, 6.07) is -1.16. The van der Waals surface area contributed by atoms with Gasteiger partial charge >= 0.3 is 0 Å². The first-order chi connectivity index (χ1) is 28.7. The Bertz CT molecular complexity index is 928. The first-order valence-electron chi connectivity index (χ1n) is 24.9. The van der Waals surface area contributed by atoms with E-state index in [0.29, 0.717) is 19.3 Å². The predicted molar refractivity (Wildman–Crippen MR) is 238 cm³/mol. The number of carbonyl (C=O) groups excluding carboxylic acids is 1. The van der Waals surface area contributed by atoms with Gasteiger partial charge in [-0.2, -0.15) is 0 Å². The summed E-state index contributed by atoms with van der Waals surface area (Å²) in [5.74, 6) is -0.693. The summed E-state index contributed by atoms with van der Waals surface area (Å²) in [7, 11) is 0. The number of nitrogens with one attached hydrogen (secondary N) is 1. The second-order valence-electron chi connectivity index (χ2n) is 17.9. The van der Waals surface area contributed by atoms with Crippen molar-refractivity contribution in [1.29, 1.82) is 0 Å². The SMILES string of the molecule is CCCCCCCCCCCCCCCCCCCCCC(O)C(=O)NC(COC1OC(CO)C(O)C(O)C1O)C(O)C(O)CCCCCCCCCCCCCCC. The maximum atomic E-state index is 13.1. The van der Waals surface area contributed by atoms with E-state index >= 15 is 0 Å². The molecule has 11 heteroatoms. The zero-order chi connectivity index (χ0) is 43.4. The molecule has 1 heterocycles. The smallest absolute Gasteiger partial charge is 0.249 e. The van der Waals surface area contributed by atoms with Crippen LogP contribution >= 0.6 is 0 Å². The molecular formula is C48H95NO10. The highest BCUT2D eigenvalue weighted by atomic mass is 16.7. The Hall–Kier alpha value is -0.890. The molecule has 0 aromatic carbocycles. The van der Waals surface area contributed by atoms with Crippen LogP contribution in [0.1, 0.15) is 232 Å². The molecule has 1 aliphatic heterocycles. The Morgan fingerprint density at radius 1 is 0.525 bits per heavy atom. The van der Waals surface area contributed by atoms with Crippen molar-refractivity contribution in [3.05, 3.63) is 0 Å². The average Bonchev–Trinajstić information content (AvgIpc) is 3.23. The first kappa shape index (κ1) is 56.1. The molecule has 9 atom stereocenters. The molecule has 0 bridgehead atoms. The van der Waals surface area contributed by atoms with Crippen molar-refractivity contribution in [1.82, 2.24) is 5.32 Å². The van der Waals surface area contributed by atoms with E-state index in [1.54, 1.807) is 0 Å². The normalized spacial score (nSPS) is 21.7. The molecule has 0 spiro atoms. The molecule has 9 unspecified atom stereocenters. The number of hydrogen-bond acceptors (Lipinski definition) is 10. The lowest BCUT2D eigenvalue weighted by molar-refractivity contribution is -0.303. The summed E-state index contributed by atoms with van der Waals surface area (Å²) in [5.41, 5.74) is 0. The minimum Gasteiger partial charge on any atom is -0.394 e. The Balaban J connectivity index is 2.38. The first-order valence-corrected chi connectivity index (χ1v) is 24.9. The van der Waals surface area contributed by atoms with Crippen LogP contribution in [0.4, 0.5) is 0 Å². The fraction of sp³-hybridized carbons (Fsp3) is 0.979. The molecule has 59 heavy (non-hydrogen) atoms. The Kier molecular flexibility index (Phi) is 36.9. The highest BCUT2D eigenvalue weighted by Gasteiger charge is 2.44. The van der Waals surface area contributed by atoms with Crippen LogP contribution < -0.4 is 5.32 Å². The monoisotopic (exact) mass is 846 g/mol. The van der Waals surface area contributed by atoms with Crippen LogP contribution in [0.5, 0.6) is 0 Å². The van der Waals surface area contributed by atoms with Crippen LogP contribution in [-0.4, -0.2) is 110 Å². The van der Waals surface area contributed by atoms with E-state index in [2.05, 4.69) is 19.2 Å². The Labute approximate surface area is 360 Å². The van der Waals surface area contributed by atoms with Gasteiger partial charge in [-0.15, -0.1) is 0 Å². The summed E-state index contributed by atoms with van der Waals surface area (Å²) < 4.78 is 11.1. The zero-order valence-electron chi connectivity index (χ0n) is 38.0. The van der Waals surface area contributed by atoms with Crippen LogP contribution in [0, 0.1) is 0 Å². The number of carbonyl (C=O) groups is 1. The lowest BCUT2D eigenvalue weighted by Crippen LogP contribution is -2.60. The second-order valence-corrected chi connectivity index (χ2v) is 17.9. The quantitative estimate of drug-likeness (QED) is 0.0276. The Morgan fingerprint density at radius 2 is 0.881 bits per heavy atom. The van der Waals surface area contributed by atoms with E-state index in [1.165, 1.54) is 154 Å². The van der Waals surface area contributed by atoms with Crippen LogP contribution in [-0.2, 0) is 14.3 Å². The van der Waals surface area contributed by atoms with E-state index in [-0.39, 0.29) is 6.42 Å². The number of aliphatic hydroxyl groups excluding tert-OH is 7. The van der Waals surface area contributed by atoms with Crippen LogP contribution in [0.25, 0.3) is 0 Å². The lowest BCUT2D eigenvalue weighted by atomic mass is 9.98. The fourth-order valence-corrected chi connectivity index (χ4v) is 8.27. The maximum Gasteiger partial charge on any atom is 0.249 e. The standard InChI is InChI=1S/C48H95NO10/c1-3-5-7-9-11-13-15-17-18-19-20-21-22-24-26-28-30-32-34-36-41(52)47(57)49-39(38-58-48-46(56)45(55)44(54)42(37-50)59-48)43(53)40(51)35-33-31-29-27-25-23-16-14-12-10-8-6-4-2/h39-46,48,50-56H,3-38H2,1-2H3,(H,49,57). The third-order valence-electron chi connectivity index (χ3n) is 12.4. The summed E-state index contributed by atoms with van der Waals surface area (Å²) in [5, 5.41) is 75.8. The topological polar surface area (TPSA) is 189 Å². The van der Waals surface area contributed by atoms with Gasteiger partial charge in [-0.05, 0) is 12.8 Å². The number of unbranched alkanes of at least 4 members (excludes halogenated alkanes) is 30. The van der Waals surface area contributed by atoms with Crippen molar-refractivity contribution in [3.63, 3.8) is 0 Å². The number of amides is 1. The molecule has 11 nitrogen and oxygen atoms in total. The van der Waals surface area contributed by atoms with Gasteiger partial charge in [0.05, 0.1) is 25.4 Å². The summed E-state index contributed by atoms with van der Waals surface area (Å²) in [6.45, 7) is 3.46.